The van der Waals surface area contributed by atoms with Crippen molar-refractivity contribution in [3.05, 3.63) is 58.9 Å². The van der Waals surface area contributed by atoms with Crippen LogP contribution in [0.3, 0.4) is 0 Å². The van der Waals surface area contributed by atoms with Gasteiger partial charge in [-0.05, 0) is 29.7 Å². The van der Waals surface area contributed by atoms with Gasteiger partial charge in [0.1, 0.15) is 11.5 Å². The van der Waals surface area contributed by atoms with E-state index in [4.69, 9.17) is 4.42 Å². The van der Waals surface area contributed by atoms with Gasteiger partial charge in [-0.25, -0.2) is 4.21 Å². The van der Waals surface area contributed by atoms with Crippen LogP contribution < -0.4 is 10.6 Å². The molecule has 0 bridgehead atoms. The van der Waals surface area contributed by atoms with Crippen LogP contribution in [-0.4, -0.2) is 52.1 Å². The van der Waals surface area contributed by atoms with Gasteiger partial charge >= 0.3 is 6.18 Å². The molecule has 9 nitrogen and oxygen atoms in total. The third kappa shape index (κ3) is 9.23. The Hall–Kier alpha value is -3.35. The van der Waals surface area contributed by atoms with Crippen molar-refractivity contribution in [2.75, 3.05) is 14.1 Å². The molecule has 37 heavy (non-hydrogen) atoms. The second-order valence-corrected chi connectivity index (χ2v) is 8.75. The zero-order chi connectivity index (χ0) is 28.3. The van der Waals surface area contributed by atoms with E-state index < -0.39 is 40.2 Å². The number of amidine groups is 2. The van der Waals surface area contributed by atoms with Crippen molar-refractivity contribution in [3.63, 3.8) is 0 Å². The van der Waals surface area contributed by atoms with Gasteiger partial charge in [-0.15, -0.1) is 8.80 Å². The first-order chi connectivity index (χ1) is 17.3. The fourth-order valence-corrected chi connectivity index (χ4v) is 3.47. The van der Waals surface area contributed by atoms with E-state index in [0.717, 1.165) is 22.7 Å². The van der Waals surface area contributed by atoms with Crippen LogP contribution in [0.4, 0.5) is 13.2 Å². The van der Waals surface area contributed by atoms with E-state index in [-0.39, 0.29) is 30.6 Å². The highest BCUT2D eigenvalue weighted by atomic mass is 32.2. The maximum absolute atomic E-state index is 13.7. The van der Waals surface area contributed by atoms with E-state index in [1.165, 1.54) is 21.0 Å². The predicted molar refractivity (Wildman–Crippen MR) is 139 cm³/mol. The lowest BCUT2D eigenvalue weighted by Gasteiger charge is -2.19. The van der Waals surface area contributed by atoms with Crippen molar-refractivity contribution < 1.29 is 31.7 Å². The van der Waals surface area contributed by atoms with Gasteiger partial charge in [0.05, 0.1) is 24.0 Å². The van der Waals surface area contributed by atoms with Gasteiger partial charge in [0, 0.05) is 26.7 Å². The van der Waals surface area contributed by atoms with Crippen LogP contribution in [0, 0.1) is 0 Å². The van der Waals surface area contributed by atoms with Crippen molar-refractivity contribution >= 4 is 28.8 Å². The maximum atomic E-state index is 13.7. The van der Waals surface area contributed by atoms with E-state index in [0.29, 0.717) is 11.8 Å². The van der Waals surface area contributed by atoms with Gasteiger partial charge in [0.25, 0.3) is 17.1 Å². The molecule has 1 aliphatic heterocycles. The molecule has 0 saturated carbocycles. The summed E-state index contributed by atoms with van der Waals surface area (Å²) in [6.45, 7) is 9.69. The van der Waals surface area contributed by atoms with E-state index in [1.807, 2.05) is 33.8 Å². The van der Waals surface area contributed by atoms with Crippen LogP contribution in [0.15, 0.2) is 60.8 Å². The topological polar surface area (TPSA) is 120 Å². The number of alkyl halides is 3. The third-order valence-electron chi connectivity index (χ3n) is 4.73. The zero-order valence-corrected chi connectivity index (χ0v) is 22.8. The zero-order valence-electron chi connectivity index (χ0n) is 21.9. The van der Waals surface area contributed by atoms with Crippen LogP contribution in [0.5, 0.6) is 0 Å². The molecule has 0 fully saturated rings. The number of halogens is 3. The summed E-state index contributed by atoms with van der Waals surface area (Å²) >= 11 is -1.90. The summed E-state index contributed by atoms with van der Waals surface area (Å²) in [4.78, 5) is 13.3. The molecule has 0 spiro atoms. The molecule has 0 saturated heterocycles. The largest absolute Gasteiger partial charge is 0.511 e. The van der Waals surface area contributed by atoms with Crippen molar-refractivity contribution in [2.24, 2.45) is 8.80 Å². The molecule has 1 aromatic heterocycles. The number of aliphatic hydroxyl groups excluding tert-OH is 1. The Labute approximate surface area is 217 Å². The van der Waals surface area contributed by atoms with Gasteiger partial charge in [-0.1, -0.05) is 34.6 Å². The summed E-state index contributed by atoms with van der Waals surface area (Å²) in [7, 11) is 2.57. The molecule has 0 aliphatic carbocycles. The number of nitrogens with one attached hydrogen (secondary N) is 2. The first-order valence-electron chi connectivity index (χ1n) is 11.6. The summed E-state index contributed by atoms with van der Waals surface area (Å²) < 4.78 is 65.9. The number of hydrogen-bond donors (Lipinski definition) is 3. The predicted octanol–water partition coefficient (Wildman–Crippen LogP) is 4.81. The molecule has 1 unspecified atom stereocenters. The SMILES string of the molecule is CC.CC\C(O)=C(C(=O)N(C)C)/C(=C\C=C\NC1=NS(=O)N=C1NCc1cc(C(C)C)co1)C(F)(F)F. The standard InChI is InChI=1S/C22H28F3N5O4S.C2H6/c1-6-17(31)18(21(32)30(4)5)16(22(23,24)25)8-7-9-26-19-20(29-35(33)28-19)27-11-15-10-14(12-34-15)13(2)3;1-2/h7-10,12-13,31H,6,11H2,1-5H3,(H,26,28)(H,27,29);1-2H3/b9-7+,16-8+,18-17-;. The minimum atomic E-state index is -4.91. The number of allylic oxidation sites excluding steroid dienone is 3. The fourth-order valence-electron chi connectivity index (χ4n) is 2.82. The number of nitrogens with zero attached hydrogens (tertiary/aromatic N) is 3. The normalized spacial score (nSPS) is 16.6. The third-order valence-corrected chi connectivity index (χ3v) is 5.41. The highest BCUT2D eigenvalue weighted by molar-refractivity contribution is 7.83. The molecule has 2 rings (SSSR count). The average molecular weight is 546 g/mol. The number of hydrogen-bond acceptors (Lipinski definition) is 6. The van der Waals surface area contributed by atoms with Crippen molar-refractivity contribution in [1.29, 1.82) is 0 Å². The lowest BCUT2D eigenvalue weighted by molar-refractivity contribution is -0.127. The van der Waals surface area contributed by atoms with E-state index in [2.05, 4.69) is 19.4 Å². The Morgan fingerprint density at radius 1 is 1.24 bits per heavy atom. The summed E-state index contributed by atoms with van der Waals surface area (Å²) in [6.07, 6.45) is -0.661. The molecule has 0 radical (unpaired) electrons. The Balaban J connectivity index is 0.00000334. The highest BCUT2D eigenvalue weighted by Crippen LogP contribution is 2.34. The molecular weight excluding hydrogens is 511 g/mol. The number of rotatable bonds is 8. The minimum absolute atomic E-state index is 0.0497. The van der Waals surface area contributed by atoms with Crippen molar-refractivity contribution in [3.8, 4) is 0 Å². The van der Waals surface area contributed by atoms with E-state index in [1.54, 1.807) is 6.26 Å². The molecule has 0 aromatic carbocycles. The van der Waals surface area contributed by atoms with Crippen molar-refractivity contribution in [1.82, 2.24) is 15.5 Å². The first kappa shape index (κ1) is 31.7. The lowest BCUT2D eigenvalue weighted by Crippen LogP contribution is -2.35. The Morgan fingerprint density at radius 2 is 1.86 bits per heavy atom. The van der Waals surface area contributed by atoms with Crippen molar-refractivity contribution in [2.45, 2.75) is 59.7 Å². The number of amides is 1. The molecule has 3 N–H and O–H groups in total. The van der Waals surface area contributed by atoms with Crippen LogP contribution >= 0.6 is 0 Å². The summed E-state index contributed by atoms with van der Waals surface area (Å²) in [5.74, 6) is -0.577. The van der Waals surface area contributed by atoms with Gasteiger partial charge in [-0.3, -0.25) is 4.79 Å². The van der Waals surface area contributed by atoms with Gasteiger partial charge < -0.3 is 25.1 Å². The number of furan rings is 1. The molecule has 206 valence electrons. The van der Waals surface area contributed by atoms with E-state index in [9.17, 15) is 27.3 Å². The highest BCUT2D eigenvalue weighted by Gasteiger charge is 2.40. The van der Waals surface area contributed by atoms with Gasteiger partial charge in [-0.2, -0.15) is 13.2 Å². The second-order valence-electron chi connectivity index (χ2n) is 7.92. The Bertz CT molecular complexity index is 1120. The number of likely N-dealkylation sites (N-methyl/N-ethyl adjacent to an activating group) is 1. The van der Waals surface area contributed by atoms with Gasteiger partial charge in [0.15, 0.2) is 11.7 Å². The fraction of sp³-hybridized carbons (Fsp3) is 0.458. The van der Waals surface area contributed by atoms with Crippen LogP contribution in [0.25, 0.3) is 0 Å². The van der Waals surface area contributed by atoms with Crippen LogP contribution in [-0.2, 0) is 22.5 Å². The quantitative estimate of drug-likeness (QED) is 0.245. The number of aliphatic hydroxyl groups is 1. The maximum Gasteiger partial charge on any atom is 0.417 e. The molecular formula is C24H34F3N5O4S. The van der Waals surface area contributed by atoms with Gasteiger partial charge in [0.2, 0.25) is 0 Å². The number of carbonyl (C=O) groups excluding carboxylic acids is 1. The Morgan fingerprint density at radius 3 is 2.38 bits per heavy atom. The Kier molecular flexibility index (Phi) is 12.3. The summed E-state index contributed by atoms with van der Waals surface area (Å²) in [6, 6.07) is 1.86. The molecule has 1 aliphatic rings. The average Bonchev–Trinajstić information content (AvgIpc) is 3.45. The van der Waals surface area contributed by atoms with Crippen LogP contribution in [0.1, 0.15) is 58.3 Å². The lowest BCUT2D eigenvalue weighted by atomic mass is 10.0. The minimum Gasteiger partial charge on any atom is -0.511 e. The molecule has 13 heteroatoms. The molecule has 2 heterocycles. The van der Waals surface area contributed by atoms with E-state index >= 15 is 0 Å². The second kappa shape index (κ2) is 14.4. The summed E-state index contributed by atoms with van der Waals surface area (Å²) in [5, 5.41) is 15.6. The number of carbonyl (C=O) groups is 1. The van der Waals surface area contributed by atoms with Crippen LogP contribution in [0.2, 0.25) is 0 Å². The molecule has 1 atom stereocenters. The molecule has 1 aromatic rings. The first-order valence-corrected chi connectivity index (χ1v) is 12.7. The summed E-state index contributed by atoms with van der Waals surface area (Å²) in [5.41, 5.74) is -1.13. The smallest absolute Gasteiger partial charge is 0.417 e. The monoisotopic (exact) mass is 545 g/mol. The molecule has 1 amide bonds.